The Labute approximate surface area is 232 Å². The number of nitrogens with one attached hydrogen (secondary N) is 1. The number of carboxylic acid groups (broad SMARTS) is 1. The van der Waals surface area contributed by atoms with E-state index in [0.29, 0.717) is 36.3 Å². The van der Waals surface area contributed by atoms with Gasteiger partial charge in [0, 0.05) is 25.1 Å². The summed E-state index contributed by atoms with van der Waals surface area (Å²) in [7, 11) is 0. The number of aliphatic carboxylic acids is 1. The SMILES string of the molecule is Cc1c(Cc2ccc(F)c(C(=O)N3CCN([C@@H](C)c4ccccc4)C(=O)C3)c2)n[nH]c(=O)c1C.O=C(O)C(F)(F)F. The number of H-pyrrole nitrogens is 1. The van der Waals surface area contributed by atoms with E-state index in [4.69, 9.17) is 9.90 Å². The number of carboxylic acids is 1. The topological polar surface area (TPSA) is 124 Å². The minimum Gasteiger partial charge on any atom is -0.475 e. The smallest absolute Gasteiger partial charge is 0.475 e. The molecular formula is C28H28F4N4O5. The number of aromatic amines is 1. The Morgan fingerprint density at radius 3 is 2.27 bits per heavy atom. The highest BCUT2D eigenvalue weighted by Gasteiger charge is 2.38. The summed E-state index contributed by atoms with van der Waals surface area (Å²) in [5.74, 6) is -4.07. The van der Waals surface area contributed by atoms with E-state index in [2.05, 4.69) is 10.2 Å². The van der Waals surface area contributed by atoms with Gasteiger partial charge >= 0.3 is 12.1 Å². The van der Waals surface area contributed by atoms with Crippen LogP contribution < -0.4 is 5.56 Å². The summed E-state index contributed by atoms with van der Waals surface area (Å²) >= 11 is 0. The van der Waals surface area contributed by atoms with Crippen LogP contribution >= 0.6 is 0 Å². The molecule has 2 aromatic carbocycles. The number of rotatable bonds is 5. The van der Waals surface area contributed by atoms with Crippen molar-refractivity contribution in [2.75, 3.05) is 19.6 Å². The van der Waals surface area contributed by atoms with Crippen molar-refractivity contribution in [2.45, 2.75) is 39.4 Å². The fourth-order valence-electron chi connectivity index (χ4n) is 4.24. The van der Waals surface area contributed by atoms with Gasteiger partial charge in [-0.2, -0.15) is 18.3 Å². The number of aromatic nitrogens is 2. The second-order valence-electron chi connectivity index (χ2n) is 9.44. The van der Waals surface area contributed by atoms with Gasteiger partial charge in [-0.05, 0) is 49.6 Å². The molecule has 0 saturated carbocycles. The molecule has 1 aliphatic heterocycles. The van der Waals surface area contributed by atoms with Crippen molar-refractivity contribution in [1.82, 2.24) is 20.0 Å². The molecule has 13 heteroatoms. The van der Waals surface area contributed by atoms with Crippen LogP contribution in [0.25, 0.3) is 0 Å². The highest BCUT2D eigenvalue weighted by Crippen LogP contribution is 2.24. The molecule has 3 aromatic rings. The van der Waals surface area contributed by atoms with Gasteiger partial charge < -0.3 is 14.9 Å². The minimum atomic E-state index is -5.08. The maximum atomic E-state index is 14.6. The summed E-state index contributed by atoms with van der Waals surface area (Å²) < 4.78 is 46.4. The number of hydrogen-bond acceptors (Lipinski definition) is 5. The lowest BCUT2D eigenvalue weighted by atomic mass is 10.0. The van der Waals surface area contributed by atoms with Crippen LogP contribution in [0.1, 0.15) is 51.3 Å². The quantitative estimate of drug-likeness (QED) is 0.446. The van der Waals surface area contributed by atoms with Gasteiger partial charge in [0.05, 0.1) is 17.3 Å². The van der Waals surface area contributed by atoms with E-state index < -0.39 is 23.9 Å². The second-order valence-corrected chi connectivity index (χ2v) is 9.44. The Morgan fingerprint density at radius 1 is 1.05 bits per heavy atom. The van der Waals surface area contributed by atoms with Gasteiger partial charge in [-0.1, -0.05) is 36.4 Å². The molecule has 4 rings (SSSR count). The summed E-state index contributed by atoms with van der Waals surface area (Å²) in [6.45, 7) is 6.09. The largest absolute Gasteiger partial charge is 0.490 e. The van der Waals surface area contributed by atoms with Gasteiger partial charge in [0.1, 0.15) is 12.4 Å². The number of alkyl halides is 3. The Morgan fingerprint density at radius 2 is 1.68 bits per heavy atom. The van der Waals surface area contributed by atoms with Crippen LogP contribution in [-0.2, 0) is 16.0 Å². The molecule has 1 atom stereocenters. The third kappa shape index (κ3) is 7.56. The lowest BCUT2D eigenvalue weighted by molar-refractivity contribution is -0.192. The molecule has 9 nitrogen and oxygen atoms in total. The summed E-state index contributed by atoms with van der Waals surface area (Å²) in [5.41, 5.74) is 3.38. The Bertz CT molecular complexity index is 1490. The van der Waals surface area contributed by atoms with Crippen molar-refractivity contribution >= 4 is 17.8 Å². The third-order valence-electron chi connectivity index (χ3n) is 6.80. The standard InChI is InChI=1S/C26H27FN4O3.C2HF3O2/c1-16-17(2)25(33)29-28-23(16)14-19-9-10-22(27)21(13-19)26(34)30-11-12-31(24(32)15-30)18(3)20-7-5-4-6-8-20;3-2(4,5)1(6)7/h4-10,13,18H,11-12,14-15H2,1-3H3,(H,29,33);(H,6,7)/t18-;/m0./s1. The van der Waals surface area contributed by atoms with Gasteiger partial charge in [0.15, 0.2) is 0 Å². The van der Waals surface area contributed by atoms with Crippen molar-refractivity contribution < 1.29 is 37.1 Å². The number of piperazine rings is 1. The number of nitrogens with zero attached hydrogens (tertiary/aromatic N) is 3. The van der Waals surface area contributed by atoms with Crippen LogP contribution in [0.3, 0.4) is 0 Å². The van der Waals surface area contributed by atoms with Crippen LogP contribution in [0.4, 0.5) is 17.6 Å². The van der Waals surface area contributed by atoms with Crippen LogP contribution in [0.2, 0.25) is 0 Å². The maximum absolute atomic E-state index is 14.6. The summed E-state index contributed by atoms with van der Waals surface area (Å²) in [4.78, 5) is 49.8. The number of carbonyl (C=O) groups is 3. The van der Waals surface area contributed by atoms with E-state index in [-0.39, 0.29) is 29.6 Å². The molecular weight excluding hydrogens is 548 g/mol. The normalized spacial score (nSPS) is 14.3. The van der Waals surface area contributed by atoms with Gasteiger partial charge in [-0.15, -0.1) is 0 Å². The molecule has 2 N–H and O–H groups in total. The van der Waals surface area contributed by atoms with E-state index >= 15 is 0 Å². The van der Waals surface area contributed by atoms with Crippen molar-refractivity contribution in [3.63, 3.8) is 0 Å². The number of halogens is 4. The van der Waals surface area contributed by atoms with Crippen LogP contribution in [0.15, 0.2) is 53.3 Å². The monoisotopic (exact) mass is 576 g/mol. The van der Waals surface area contributed by atoms with Gasteiger partial charge in [0.25, 0.3) is 11.5 Å². The van der Waals surface area contributed by atoms with Gasteiger partial charge in [-0.3, -0.25) is 14.4 Å². The van der Waals surface area contributed by atoms with E-state index in [1.54, 1.807) is 17.9 Å². The molecule has 2 amide bonds. The summed E-state index contributed by atoms with van der Waals surface area (Å²) in [5, 5.41) is 13.7. The van der Waals surface area contributed by atoms with Gasteiger partial charge in [0.2, 0.25) is 5.91 Å². The van der Waals surface area contributed by atoms with Crippen molar-refractivity contribution in [3.8, 4) is 0 Å². The number of carbonyl (C=O) groups excluding carboxylic acids is 2. The average molecular weight is 577 g/mol. The fourth-order valence-corrected chi connectivity index (χ4v) is 4.24. The third-order valence-corrected chi connectivity index (χ3v) is 6.80. The van der Waals surface area contributed by atoms with Gasteiger partial charge in [-0.25, -0.2) is 14.3 Å². The highest BCUT2D eigenvalue weighted by atomic mass is 19.4. The second kappa shape index (κ2) is 12.7. The molecule has 0 unspecified atom stereocenters. The minimum absolute atomic E-state index is 0.0753. The van der Waals surface area contributed by atoms with E-state index in [1.807, 2.05) is 44.2 Å². The Balaban J connectivity index is 0.000000587. The molecule has 0 bridgehead atoms. The number of hydrogen-bond donors (Lipinski definition) is 2. The number of amides is 2. The first-order valence-corrected chi connectivity index (χ1v) is 12.5. The fraction of sp³-hybridized carbons (Fsp3) is 0.321. The first kappa shape index (κ1) is 31.0. The predicted molar refractivity (Wildman–Crippen MR) is 140 cm³/mol. The van der Waals surface area contributed by atoms with Crippen molar-refractivity contribution in [1.29, 1.82) is 0 Å². The lowest BCUT2D eigenvalue weighted by Crippen LogP contribution is -2.52. The lowest BCUT2D eigenvalue weighted by Gasteiger charge is -2.38. The van der Waals surface area contributed by atoms with Crippen LogP contribution in [0.5, 0.6) is 0 Å². The van der Waals surface area contributed by atoms with E-state index in [0.717, 1.165) is 11.1 Å². The van der Waals surface area contributed by atoms with Crippen molar-refractivity contribution in [2.24, 2.45) is 0 Å². The van der Waals surface area contributed by atoms with E-state index in [1.165, 1.54) is 17.0 Å². The molecule has 2 heterocycles. The maximum Gasteiger partial charge on any atom is 0.490 e. The highest BCUT2D eigenvalue weighted by molar-refractivity contribution is 5.97. The van der Waals surface area contributed by atoms with Crippen molar-refractivity contribution in [3.05, 3.63) is 98.2 Å². The molecule has 41 heavy (non-hydrogen) atoms. The van der Waals surface area contributed by atoms with Crippen LogP contribution in [-0.4, -0.2) is 68.7 Å². The molecule has 1 aliphatic rings. The average Bonchev–Trinajstić information content (AvgIpc) is 2.94. The predicted octanol–water partition coefficient (Wildman–Crippen LogP) is 3.80. The number of benzene rings is 2. The molecule has 218 valence electrons. The summed E-state index contributed by atoms with van der Waals surface area (Å²) in [6, 6.07) is 14.0. The zero-order valence-corrected chi connectivity index (χ0v) is 22.5. The Hall–Kier alpha value is -4.55. The van der Waals surface area contributed by atoms with Crippen LogP contribution in [0, 0.1) is 19.7 Å². The zero-order chi connectivity index (χ0) is 30.5. The molecule has 0 spiro atoms. The molecule has 1 saturated heterocycles. The van der Waals surface area contributed by atoms with E-state index in [9.17, 15) is 31.9 Å². The molecule has 0 radical (unpaired) electrons. The summed E-state index contributed by atoms with van der Waals surface area (Å²) in [6.07, 6.45) is -4.74. The zero-order valence-electron chi connectivity index (χ0n) is 22.5. The molecule has 1 fully saturated rings. The molecule has 1 aromatic heterocycles. The molecule has 0 aliphatic carbocycles. The first-order chi connectivity index (χ1) is 19.2. The Kier molecular flexibility index (Phi) is 9.63. The first-order valence-electron chi connectivity index (χ1n) is 12.5.